The molecule has 6 nitrogen and oxygen atoms in total. The van der Waals surface area contributed by atoms with Gasteiger partial charge in [0.1, 0.15) is 0 Å². The highest BCUT2D eigenvalue weighted by Gasteiger charge is 2.41. The maximum Gasteiger partial charge on any atom is 0.220 e. The standard InChI is InChI=1S/C17H25N3O3S/c18-16-4-2-1-3-13(16)5-8-17(21)19-14-9-11-20(12-10-14)24(22,23)15-6-7-15/h1-4,14-15H,5-12,18H2,(H,19,21). The lowest BCUT2D eigenvalue weighted by atomic mass is 10.0. The van der Waals surface area contributed by atoms with Crippen LogP contribution in [0.1, 0.15) is 37.7 Å². The summed E-state index contributed by atoms with van der Waals surface area (Å²) in [6.07, 6.45) is 3.97. The Morgan fingerprint density at radius 3 is 2.46 bits per heavy atom. The summed E-state index contributed by atoms with van der Waals surface area (Å²) in [5, 5.41) is 2.87. The molecule has 1 aromatic carbocycles. The van der Waals surface area contributed by atoms with E-state index in [9.17, 15) is 13.2 Å². The molecule has 1 aliphatic carbocycles. The number of rotatable bonds is 6. The smallest absolute Gasteiger partial charge is 0.220 e. The van der Waals surface area contributed by atoms with Crippen molar-refractivity contribution in [3.63, 3.8) is 0 Å². The molecule has 0 spiro atoms. The van der Waals surface area contributed by atoms with E-state index in [1.165, 1.54) is 0 Å². The zero-order chi connectivity index (χ0) is 17.2. The summed E-state index contributed by atoms with van der Waals surface area (Å²) in [4.78, 5) is 12.1. The number of anilines is 1. The van der Waals surface area contributed by atoms with Crippen molar-refractivity contribution in [1.29, 1.82) is 0 Å². The molecule has 0 aromatic heterocycles. The first kappa shape index (κ1) is 17.2. The van der Waals surface area contributed by atoms with Gasteiger partial charge >= 0.3 is 0 Å². The summed E-state index contributed by atoms with van der Waals surface area (Å²) in [6.45, 7) is 1.02. The van der Waals surface area contributed by atoms with Crippen LogP contribution < -0.4 is 11.1 Å². The number of carbonyl (C=O) groups is 1. The van der Waals surface area contributed by atoms with Gasteiger partial charge in [0.2, 0.25) is 15.9 Å². The molecule has 1 heterocycles. The molecule has 24 heavy (non-hydrogen) atoms. The highest BCUT2D eigenvalue weighted by atomic mass is 32.2. The van der Waals surface area contributed by atoms with Crippen LogP contribution in [0.5, 0.6) is 0 Å². The Balaban J connectivity index is 1.42. The Bertz CT molecular complexity index is 693. The molecule has 0 atom stereocenters. The van der Waals surface area contributed by atoms with Crippen molar-refractivity contribution in [2.45, 2.75) is 49.8 Å². The number of para-hydroxylation sites is 1. The minimum absolute atomic E-state index is 0.00162. The molecule has 3 rings (SSSR count). The molecule has 0 unspecified atom stereocenters. The zero-order valence-corrected chi connectivity index (χ0v) is 14.6. The van der Waals surface area contributed by atoms with Gasteiger partial charge in [-0.15, -0.1) is 0 Å². The van der Waals surface area contributed by atoms with Crippen LogP contribution >= 0.6 is 0 Å². The number of nitrogens with zero attached hydrogens (tertiary/aromatic N) is 1. The lowest BCUT2D eigenvalue weighted by molar-refractivity contribution is -0.122. The second kappa shape index (κ2) is 7.11. The normalized spacial score (nSPS) is 20.0. The maximum absolute atomic E-state index is 12.2. The molecule has 3 N–H and O–H groups in total. The fourth-order valence-electron chi connectivity index (χ4n) is 3.14. The topological polar surface area (TPSA) is 92.5 Å². The van der Waals surface area contributed by atoms with E-state index in [0.717, 1.165) is 18.4 Å². The molecule has 1 aliphatic heterocycles. The van der Waals surface area contributed by atoms with Crippen molar-refractivity contribution >= 4 is 21.6 Å². The van der Waals surface area contributed by atoms with E-state index in [1.54, 1.807) is 4.31 Å². The minimum atomic E-state index is -3.09. The molecule has 0 bridgehead atoms. The second-order valence-corrected chi connectivity index (χ2v) is 8.90. The van der Waals surface area contributed by atoms with E-state index >= 15 is 0 Å². The number of aryl methyl sites for hydroxylation is 1. The molecular weight excluding hydrogens is 326 g/mol. The van der Waals surface area contributed by atoms with Gasteiger partial charge in [-0.1, -0.05) is 18.2 Å². The lowest BCUT2D eigenvalue weighted by Crippen LogP contribution is -2.47. The van der Waals surface area contributed by atoms with E-state index in [4.69, 9.17) is 5.73 Å². The van der Waals surface area contributed by atoms with Gasteiger partial charge in [0.25, 0.3) is 0 Å². The highest BCUT2D eigenvalue weighted by molar-refractivity contribution is 7.90. The third-order valence-electron chi connectivity index (χ3n) is 4.80. The van der Waals surface area contributed by atoms with Gasteiger partial charge in [0, 0.05) is 31.2 Å². The van der Waals surface area contributed by atoms with E-state index in [0.29, 0.717) is 44.5 Å². The summed E-state index contributed by atoms with van der Waals surface area (Å²) in [6, 6.07) is 7.63. The van der Waals surface area contributed by atoms with Crippen LogP contribution in [-0.2, 0) is 21.2 Å². The first-order valence-electron chi connectivity index (χ1n) is 8.58. The van der Waals surface area contributed by atoms with Gasteiger partial charge in [-0.3, -0.25) is 4.79 Å². The van der Waals surface area contributed by atoms with Crippen molar-refractivity contribution < 1.29 is 13.2 Å². The lowest BCUT2D eigenvalue weighted by Gasteiger charge is -2.31. The van der Waals surface area contributed by atoms with Gasteiger partial charge in [-0.2, -0.15) is 0 Å². The van der Waals surface area contributed by atoms with Crippen LogP contribution in [-0.4, -0.2) is 43.0 Å². The van der Waals surface area contributed by atoms with Crippen LogP contribution in [0.2, 0.25) is 0 Å². The quantitative estimate of drug-likeness (QED) is 0.755. The molecule has 1 saturated heterocycles. The number of sulfonamides is 1. The van der Waals surface area contributed by atoms with Crippen molar-refractivity contribution in [3.8, 4) is 0 Å². The summed E-state index contributed by atoms with van der Waals surface area (Å²) in [5.41, 5.74) is 7.58. The van der Waals surface area contributed by atoms with Crippen LogP contribution in [0.3, 0.4) is 0 Å². The number of benzene rings is 1. The Morgan fingerprint density at radius 2 is 1.83 bits per heavy atom. The summed E-state index contributed by atoms with van der Waals surface area (Å²) in [7, 11) is -3.09. The van der Waals surface area contributed by atoms with Crippen LogP contribution in [0, 0.1) is 0 Å². The third kappa shape index (κ3) is 4.08. The number of hydrogen-bond acceptors (Lipinski definition) is 4. The Hall–Kier alpha value is -1.60. The fraction of sp³-hybridized carbons (Fsp3) is 0.588. The number of hydrogen-bond donors (Lipinski definition) is 2. The zero-order valence-electron chi connectivity index (χ0n) is 13.8. The Kier molecular flexibility index (Phi) is 5.10. The van der Waals surface area contributed by atoms with Crippen LogP contribution in [0.25, 0.3) is 0 Å². The van der Waals surface area contributed by atoms with Gasteiger partial charge in [0.05, 0.1) is 5.25 Å². The fourth-order valence-corrected chi connectivity index (χ4v) is 5.01. The molecule has 7 heteroatoms. The monoisotopic (exact) mass is 351 g/mol. The number of carbonyl (C=O) groups excluding carboxylic acids is 1. The van der Waals surface area contributed by atoms with Crippen molar-refractivity contribution in [2.75, 3.05) is 18.8 Å². The van der Waals surface area contributed by atoms with E-state index in [-0.39, 0.29) is 17.2 Å². The number of nitrogen functional groups attached to an aromatic ring is 1. The molecule has 1 saturated carbocycles. The van der Waals surface area contributed by atoms with Crippen molar-refractivity contribution in [3.05, 3.63) is 29.8 Å². The molecule has 132 valence electrons. The van der Waals surface area contributed by atoms with Crippen molar-refractivity contribution in [1.82, 2.24) is 9.62 Å². The first-order chi connectivity index (χ1) is 11.5. The maximum atomic E-state index is 12.2. The highest BCUT2D eigenvalue weighted by Crippen LogP contribution is 2.32. The SMILES string of the molecule is Nc1ccccc1CCC(=O)NC1CCN(S(=O)(=O)C2CC2)CC1. The first-order valence-corrected chi connectivity index (χ1v) is 10.1. The number of piperidine rings is 1. The van der Waals surface area contributed by atoms with Gasteiger partial charge in [0.15, 0.2) is 0 Å². The largest absolute Gasteiger partial charge is 0.399 e. The van der Waals surface area contributed by atoms with Crippen LogP contribution in [0.15, 0.2) is 24.3 Å². The number of amides is 1. The Morgan fingerprint density at radius 1 is 1.17 bits per heavy atom. The summed E-state index contributed by atoms with van der Waals surface area (Å²) >= 11 is 0. The van der Waals surface area contributed by atoms with Crippen LogP contribution in [0.4, 0.5) is 5.69 Å². The van der Waals surface area contributed by atoms with Gasteiger partial charge < -0.3 is 11.1 Å². The average molecular weight is 351 g/mol. The predicted octanol–water partition coefficient (Wildman–Crippen LogP) is 1.27. The molecule has 2 fully saturated rings. The number of nitrogens with one attached hydrogen (secondary N) is 1. The minimum Gasteiger partial charge on any atom is -0.399 e. The molecule has 1 aromatic rings. The second-order valence-electron chi connectivity index (χ2n) is 6.68. The summed E-state index contributed by atoms with van der Waals surface area (Å²) in [5.74, 6) is 0.00162. The van der Waals surface area contributed by atoms with E-state index < -0.39 is 10.0 Å². The Labute approximate surface area is 143 Å². The number of nitrogens with two attached hydrogens (primary N) is 1. The van der Waals surface area contributed by atoms with Gasteiger partial charge in [-0.05, 0) is 43.7 Å². The van der Waals surface area contributed by atoms with E-state index in [1.807, 2.05) is 24.3 Å². The molecular formula is C17H25N3O3S. The van der Waals surface area contributed by atoms with Crippen molar-refractivity contribution in [2.24, 2.45) is 0 Å². The molecule has 2 aliphatic rings. The summed E-state index contributed by atoms with van der Waals surface area (Å²) < 4.78 is 26.0. The molecule has 1 amide bonds. The average Bonchev–Trinajstić information content (AvgIpc) is 3.40. The predicted molar refractivity (Wildman–Crippen MR) is 93.9 cm³/mol. The van der Waals surface area contributed by atoms with Gasteiger partial charge in [-0.25, -0.2) is 12.7 Å². The van der Waals surface area contributed by atoms with E-state index in [2.05, 4.69) is 5.32 Å². The third-order valence-corrected chi connectivity index (χ3v) is 7.20. The molecule has 0 radical (unpaired) electrons.